The number of aromatic nitrogens is 2. The Morgan fingerprint density at radius 1 is 0.977 bits per heavy atom. The zero-order valence-electron chi connectivity index (χ0n) is 23.8. The van der Waals surface area contributed by atoms with E-state index in [1.54, 1.807) is 25.1 Å². The molecule has 44 heavy (non-hydrogen) atoms. The highest BCUT2D eigenvalue weighted by molar-refractivity contribution is 7.89. The van der Waals surface area contributed by atoms with Crippen molar-refractivity contribution in [1.29, 1.82) is 0 Å². The summed E-state index contributed by atoms with van der Waals surface area (Å²) in [5.41, 5.74) is 8.05. The molecule has 0 atom stereocenters. The Hall–Kier alpha value is -5.13. The second-order valence-corrected chi connectivity index (χ2v) is 12.3. The van der Waals surface area contributed by atoms with Crippen LogP contribution in [-0.4, -0.2) is 41.8 Å². The van der Waals surface area contributed by atoms with Crippen molar-refractivity contribution in [2.45, 2.75) is 18.4 Å². The molecule has 0 radical (unpaired) electrons. The summed E-state index contributed by atoms with van der Waals surface area (Å²) in [7, 11) is -2.60. The molecule has 222 valence electrons. The summed E-state index contributed by atoms with van der Waals surface area (Å²) in [5.74, 6) is -1.19. The highest BCUT2D eigenvalue weighted by Crippen LogP contribution is 2.40. The van der Waals surface area contributed by atoms with E-state index in [2.05, 4.69) is 4.98 Å². The Bertz CT molecular complexity index is 2230. The van der Waals surface area contributed by atoms with E-state index >= 15 is 0 Å². The van der Waals surface area contributed by atoms with Gasteiger partial charge < -0.3 is 10.2 Å². The normalized spacial score (nSPS) is 11.9. The Kier molecular flexibility index (Phi) is 7.36. The number of benzene rings is 4. The molecule has 0 unspecified atom stereocenters. The lowest BCUT2D eigenvalue weighted by atomic mass is 9.99. The monoisotopic (exact) mass is 610 g/mol. The summed E-state index contributed by atoms with van der Waals surface area (Å²) in [5, 5.41) is 0.570. The quantitative estimate of drug-likeness (QED) is 0.246. The molecule has 6 rings (SSSR count). The maximum absolute atomic E-state index is 13.8. The largest absolute Gasteiger partial charge is 0.455 e. The standard InChI is InChI=1S/C33H27FN4O5S/c1-3-37(2)44(41,42)29-17-28-26(30(32(35)39)31(43-28)21-9-12-23(34)13-10-21)16-24(29)22-11-14-27-25(15-22)33(40)38(19-36-27)18-20-7-5-4-6-8-20/h4-17,19H,3,18H2,1-2H3,(H2,35,39). The van der Waals surface area contributed by atoms with Gasteiger partial charge in [-0.15, -0.1) is 0 Å². The van der Waals surface area contributed by atoms with E-state index in [1.807, 2.05) is 30.3 Å². The summed E-state index contributed by atoms with van der Waals surface area (Å²) in [4.78, 5) is 30.7. The highest BCUT2D eigenvalue weighted by atomic mass is 32.2. The van der Waals surface area contributed by atoms with Crippen molar-refractivity contribution < 1.29 is 22.0 Å². The molecule has 2 aromatic heterocycles. The highest BCUT2D eigenvalue weighted by Gasteiger charge is 2.29. The fourth-order valence-electron chi connectivity index (χ4n) is 5.17. The number of furan rings is 1. The third kappa shape index (κ3) is 5.06. The van der Waals surface area contributed by atoms with Crippen molar-refractivity contribution in [3.63, 3.8) is 0 Å². The first kappa shape index (κ1) is 29.0. The second kappa shape index (κ2) is 11.2. The van der Waals surface area contributed by atoms with E-state index in [9.17, 15) is 22.4 Å². The number of halogens is 1. The number of primary amides is 1. The predicted molar refractivity (Wildman–Crippen MR) is 166 cm³/mol. The van der Waals surface area contributed by atoms with Gasteiger partial charge in [-0.2, -0.15) is 0 Å². The molecule has 11 heteroatoms. The first-order chi connectivity index (χ1) is 21.1. The number of rotatable bonds is 8. The van der Waals surface area contributed by atoms with Crippen molar-refractivity contribution in [2.24, 2.45) is 5.73 Å². The van der Waals surface area contributed by atoms with Gasteiger partial charge in [-0.1, -0.05) is 43.3 Å². The molecule has 2 heterocycles. The fraction of sp³-hybridized carbons (Fsp3) is 0.121. The molecule has 0 spiro atoms. The zero-order chi connectivity index (χ0) is 31.2. The SMILES string of the molecule is CCN(C)S(=O)(=O)c1cc2oc(-c3ccc(F)cc3)c(C(N)=O)c2cc1-c1ccc2ncn(Cc3ccccc3)c(=O)c2c1. The number of hydrogen-bond acceptors (Lipinski definition) is 6. The number of nitrogens with zero attached hydrogens (tertiary/aromatic N) is 3. The molecule has 0 aliphatic rings. The molecule has 0 aliphatic heterocycles. The molecular weight excluding hydrogens is 583 g/mol. The first-order valence-electron chi connectivity index (χ1n) is 13.7. The molecule has 2 N–H and O–H groups in total. The van der Waals surface area contributed by atoms with Crippen molar-refractivity contribution in [1.82, 2.24) is 13.9 Å². The van der Waals surface area contributed by atoms with Gasteiger partial charge in [0.2, 0.25) is 10.0 Å². The van der Waals surface area contributed by atoms with Crippen molar-refractivity contribution in [3.05, 3.63) is 119 Å². The van der Waals surface area contributed by atoms with Crippen molar-refractivity contribution >= 4 is 37.8 Å². The van der Waals surface area contributed by atoms with Crippen LogP contribution in [0.5, 0.6) is 0 Å². The van der Waals surface area contributed by atoms with Crippen LogP contribution in [0.25, 0.3) is 44.3 Å². The minimum Gasteiger partial charge on any atom is -0.455 e. The average Bonchev–Trinajstić information content (AvgIpc) is 3.41. The number of sulfonamides is 1. The lowest BCUT2D eigenvalue weighted by Crippen LogP contribution is -2.27. The third-order valence-corrected chi connectivity index (χ3v) is 9.58. The van der Waals surface area contributed by atoms with E-state index in [-0.39, 0.29) is 44.9 Å². The molecule has 1 amide bonds. The molecule has 6 aromatic rings. The topological polar surface area (TPSA) is 128 Å². The number of carbonyl (C=O) groups is 1. The van der Waals surface area contributed by atoms with E-state index in [0.29, 0.717) is 28.6 Å². The molecule has 0 saturated carbocycles. The predicted octanol–water partition coefficient (Wildman–Crippen LogP) is 5.40. The Balaban J connectivity index is 1.61. The maximum Gasteiger partial charge on any atom is 0.261 e. The summed E-state index contributed by atoms with van der Waals surface area (Å²) >= 11 is 0. The van der Waals surface area contributed by atoms with Crippen LogP contribution >= 0.6 is 0 Å². The third-order valence-electron chi connectivity index (χ3n) is 7.61. The Morgan fingerprint density at radius 3 is 2.36 bits per heavy atom. The van der Waals surface area contributed by atoms with Gasteiger partial charge in [0.1, 0.15) is 17.2 Å². The maximum atomic E-state index is 13.8. The van der Waals surface area contributed by atoms with Gasteiger partial charge >= 0.3 is 0 Å². The number of fused-ring (bicyclic) bond motifs is 2. The molecule has 4 aromatic carbocycles. The van der Waals surface area contributed by atoms with Crippen LogP contribution in [-0.2, 0) is 16.6 Å². The minimum absolute atomic E-state index is 0.0216. The van der Waals surface area contributed by atoms with Crippen LogP contribution < -0.4 is 11.3 Å². The molecule has 0 fully saturated rings. The van der Waals surface area contributed by atoms with Gasteiger partial charge in [-0.05, 0) is 53.6 Å². The van der Waals surface area contributed by atoms with Crippen molar-refractivity contribution in [3.8, 4) is 22.5 Å². The molecular formula is C33H27FN4O5S. The van der Waals surface area contributed by atoms with Crippen LogP contribution in [0.15, 0.2) is 105 Å². The van der Waals surface area contributed by atoms with E-state index in [0.717, 1.165) is 5.56 Å². The van der Waals surface area contributed by atoms with Gasteiger partial charge in [0.25, 0.3) is 11.5 Å². The number of hydrogen-bond donors (Lipinski definition) is 1. The van der Waals surface area contributed by atoms with Crippen LogP contribution in [0, 0.1) is 5.82 Å². The lowest BCUT2D eigenvalue weighted by molar-refractivity contribution is 0.100. The number of nitrogens with two attached hydrogens (primary N) is 1. The molecule has 0 bridgehead atoms. The number of carbonyl (C=O) groups excluding carboxylic acids is 1. The summed E-state index contributed by atoms with van der Waals surface area (Å²) < 4.78 is 49.9. The summed E-state index contributed by atoms with van der Waals surface area (Å²) in [6, 6.07) is 22.6. The second-order valence-electron chi connectivity index (χ2n) is 10.3. The van der Waals surface area contributed by atoms with Gasteiger partial charge in [0.15, 0.2) is 0 Å². The van der Waals surface area contributed by atoms with Crippen LogP contribution in [0.4, 0.5) is 4.39 Å². The lowest BCUT2D eigenvalue weighted by Gasteiger charge is -2.18. The Labute approximate surface area is 252 Å². The first-order valence-corrected chi connectivity index (χ1v) is 15.2. The van der Waals surface area contributed by atoms with Crippen molar-refractivity contribution in [2.75, 3.05) is 13.6 Å². The molecule has 0 saturated heterocycles. The Morgan fingerprint density at radius 2 is 1.68 bits per heavy atom. The molecule has 9 nitrogen and oxygen atoms in total. The summed E-state index contributed by atoms with van der Waals surface area (Å²) in [6.07, 6.45) is 1.48. The van der Waals surface area contributed by atoms with E-state index in [1.165, 1.54) is 58.6 Å². The van der Waals surface area contributed by atoms with Gasteiger partial charge in [0.05, 0.1) is 34.2 Å². The average molecular weight is 611 g/mol. The molecule has 0 aliphatic carbocycles. The van der Waals surface area contributed by atoms with Crippen LogP contribution in [0.2, 0.25) is 0 Å². The van der Waals surface area contributed by atoms with Gasteiger partial charge in [-0.25, -0.2) is 22.1 Å². The van der Waals surface area contributed by atoms with E-state index in [4.69, 9.17) is 10.2 Å². The van der Waals surface area contributed by atoms with E-state index < -0.39 is 21.7 Å². The van der Waals surface area contributed by atoms with Gasteiger partial charge in [0, 0.05) is 36.2 Å². The fourth-order valence-corrected chi connectivity index (χ4v) is 6.56. The minimum atomic E-state index is -4.06. The smallest absolute Gasteiger partial charge is 0.261 e. The zero-order valence-corrected chi connectivity index (χ0v) is 24.6. The number of amides is 1. The van der Waals surface area contributed by atoms with Crippen LogP contribution in [0.1, 0.15) is 22.8 Å². The van der Waals surface area contributed by atoms with Crippen LogP contribution in [0.3, 0.4) is 0 Å². The van der Waals surface area contributed by atoms with Gasteiger partial charge in [-0.3, -0.25) is 14.2 Å². The summed E-state index contributed by atoms with van der Waals surface area (Å²) in [6.45, 7) is 2.21.